The van der Waals surface area contributed by atoms with Crippen molar-refractivity contribution < 1.29 is 22.7 Å². The maximum absolute atomic E-state index is 14.2. The molecule has 1 heterocycles. The minimum atomic E-state index is -4.20. The zero-order valence-electron chi connectivity index (χ0n) is 17.7. The van der Waals surface area contributed by atoms with Crippen molar-refractivity contribution in [1.82, 2.24) is 4.31 Å². The van der Waals surface area contributed by atoms with Crippen LogP contribution >= 0.6 is 11.6 Å². The molecular weight excluding hydrogens is 465 g/mol. The molecule has 0 radical (unpaired) electrons. The van der Waals surface area contributed by atoms with Gasteiger partial charge in [-0.3, -0.25) is 0 Å². The van der Waals surface area contributed by atoms with Crippen molar-refractivity contribution in [2.24, 2.45) is 0 Å². The molecule has 0 fully saturated rings. The van der Waals surface area contributed by atoms with Crippen molar-refractivity contribution in [3.05, 3.63) is 112 Å². The highest BCUT2D eigenvalue weighted by Gasteiger charge is 2.44. The number of hydrogen-bond acceptors (Lipinski definition) is 3. The van der Waals surface area contributed by atoms with Gasteiger partial charge in [0.15, 0.2) is 0 Å². The number of rotatable bonds is 5. The Bertz CT molecular complexity index is 1340. The number of carbonyl (C=O) groups is 1. The lowest BCUT2D eigenvalue weighted by atomic mass is 9.89. The monoisotopic (exact) mass is 485 g/mol. The molecule has 0 bridgehead atoms. The van der Waals surface area contributed by atoms with Gasteiger partial charge < -0.3 is 5.11 Å². The molecule has 1 aliphatic heterocycles. The third kappa shape index (κ3) is 4.57. The molecule has 0 spiro atoms. The minimum absolute atomic E-state index is 0.0215. The largest absolute Gasteiger partial charge is 0.478 e. The summed E-state index contributed by atoms with van der Waals surface area (Å²) in [7, 11) is -4.20. The van der Waals surface area contributed by atoms with Crippen molar-refractivity contribution >= 4 is 27.6 Å². The van der Waals surface area contributed by atoms with E-state index in [-0.39, 0.29) is 22.5 Å². The van der Waals surface area contributed by atoms with E-state index in [9.17, 15) is 22.7 Å². The second-order valence-corrected chi connectivity index (χ2v) is 10.2. The van der Waals surface area contributed by atoms with Crippen LogP contribution in [0, 0.1) is 12.7 Å². The second kappa shape index (κ2) is 9.09. The summed E-state index contributed by atoms with van der Waals surface area (Å²) in [6, 6.07) is 16.5. The van der Waals surface area contributed by atoms with Gasteiger partial charge in [-0.15, -0.1) is 0 Å². The highest BCUT2D eigenvalue weighted by molar-refractivity contribution is 7.89. The van der Waals surface area contributed by atoms with E-state index >= 15 is 0 Å². The quantitative estimate of drug-likeness (QED) is 0.505. The van der Waals surface area contributed by atoms with Crippen LogP contribution in [0.2, 0.25) is 5.02 Å². The predicted octanol–water partition coefficient (Wildman–Crippen LogP) is 5.68. The van der Waals surface area contributed by atoms with Crippen molar-refractivity contribution in [3.8, 4) is 0 Å². The molecule has 8 heteroatoms. The van der Waals surface area contributed by atoms with E-state index in [1.807, 2.05) is 6.92 Å². The minimum Gasteiger partial charge on any atom is -0.478 e. The van der Waals surface area contributed by atoms with Gasteiger partial charge in [0.25, 0.3) is 0 Å². The number of hydrogen-bond donors (Lipinski definition) is 1. The number of carboxylic acids is 1. The van der Waals surface area contributed by atoms with Gasteiger partial charge in [-0.25, -0.2) is 17.6 Å². The van der Waals surface area contributed by atoms with E-state index in [2.05, 4.69) is 0 Å². The Morgan fingerprint density at radius 2 is 1.70 bits per heavy atom. The number of nitrogens with zero attached hydrogens (tertiary/aromatic N) is 1. The first-order chi connectivity index (χ1) is 15.7. The third-order valence-electron chi connectivity index (χ3n) is 5.66. The summed E-state index contributed by atoms with van der Waals surface area (Å²) in [6.45, 7) is 1.84. The van der Waals surface area contributed by atoms with Crippen LogP contribution in [0.15, 0.2) is 89.3 Å². The number of halogens is 2. The van der Waals surface area contributed by atoms with Crippen LogP contribution in [-0.4, -0.2) is 23.8 Å². The molecular formula is C25H21ClFNO4S. The second-order valence-electron chi connectivity index (χ2n) is 7.88. The van der Waals surface area contributed by atoms with Gasteiger partial charge in [0.2, 0.25) is 10.0 Å². The zero-order valence-corrected chi connectivity index (χ0v) is 19.2. The fourth-order valence-corrected chi connectivity index (χ4v) is 6.09. The molecule has 0 amide bonds. The first-order valence-electron chi connectivity index (χ1n) is 10.2. The van der Waals surface area contributed by atoms with Gasteiger partial charge in [0.05, 0.1) is 22.6 Å². The van der Waals surface area contributed by atoms with Crippen LogP contribution in [0.3, 0.4) is 0 Å². The van der Waals surface area contributed by atoms with Crippen LogP contribution in [0.5, 0.6) is 0 Å². The highest BCUT2D eigenvalue weighted by Crippen LogP contribution is 2.46. The van der Waals surface area contributed by atoms with Gasteiger partial charge in [-0.05, 0) is 60.9 Å². The molecule has 0 unspecified atom stereocenters. The maximum Gasteiger partial charge on any atom is 0.333 e. The Kier molecular flexibility index (Phi) is 6.38. The SMILES string of the molecule is Cc1ccc(S(=O)(=O)N2[C@@H](c3cccc(F)c3)C(C(=O)O)=CC[C@H]2c2cccc(Cl)c2)cc1. The Labute approximate surface area is 196 Å². The lowest BCUT2D eigenvalue weighted by Crippen LogP contribution is -2.42. The average molecular weight is 486 g/mol. The number of benzene rings is 3. The van der Waals surface area contributed by atoms with E-state index in [0.29, 0.717) is 10.6 Å². The van der Waals surface area contributed by atoms with Crippen molar-refractivity contribution in [1.29, 1.82) is 0 Å². The molecule has 3 aromatic carbocycles. The number of carboxylic acid groups (broad SMARTS) is 1. The fraction of sp³-hybridized carbons (Fsp3) is 0.160. The molecule has 0 saturated heterocycles. The normalized spacial score (nSPS) is 19.2. The fourth-order valence-electron chi connectivity index (χ4n) is 4.11. The molecule has 4 rings (SSSR count). The molecule has 2 atom stereocenters. The van der Waals surface area contributed by atoms with Crippen LogP contribution in [-0.2, 0) is 14.8 Å². The Hall–Kier alpha value is -3.00. The van der Waals surface area contributed by atoms with Crippen molar-refractivity contribution in [2.75, 3.05) is 0 Å². The van der Waals surface area contributed by atoms with Gasteiger partial charge in [-0.1, -0.05) is 59.6 Å². The van der Waals surface area contributed by atoms with Crippen LogP contribution in [0.4, 0.5) is 4.39 Å². The number of aryl methyl sites for hydroxylation is 1. The van der Waals surface area contributed by atoms with Crippen LogP contribution < -0.4 is 0 Å². The smallest absolute Gasteiger partial charge is 0.333 e. The molecule has 33 heavy (non-hydrogen) atoms. The first kappa shape index (κ1) is 23.2. The molecule has 3 aromatic rings. The standard InChI is InChI=1S/C25H21ClFNO4S/c1-16-8-10-21(11-9-16)33(31,32)28-23(17-4-2-6-19(26)14-17)13-12-22(25(29)30)24(28)18-5-3-7-20(27)15-18/h2-12,14-15,23-24H,13H2,1H3,(H,29,30)/t23-,24-/m0/s1. The first-order valence-corrected chi connectivity index (χ1v) is 12.0. The molecule has 0 aliphatic carbocycles. The summed E-state index contributed by atoms with van der Waals surface area (Å²) in [5.41, 5.74) is 1.59. The summed E-state index contributed by atoms with van der Waals surface area (Å²) in [5.74, 6) is -1.85. The average Bonchev–Trinajstić information content (AvgIpc) is 2.78. The Morgan fingerprint density at radius 3 is 2.33 bits per heavy atom. The summed E-state index contributed by atoms with van der Waals surface area (Å²) in [5, 5.41) is 10.4. The summed E-state index contributed by atoms with van der Waals surface area (Å²) < 4.78 is 43.3. The zero-order chi connectivity index (χ0) is 23.8. The molecule has 1 aliphatic rings. The van der Waals surface area contributed by atoms with Crippen molar-refractivity contribution in [2.45, 2.75) is 30.3 Å². The van der Waals surface area contributed by atoms with Gasteiger partial charge >= 0.3 is 5.97 Å². The van der Waals surface area contributed by atoms with Gasteiger partial charge in [0.1, 0.15) is 5.82 Å². The van der Waals surface area contributed by atoms with E-state index in [1.54, 1.807) is 36.4 Å². The lowest BCUT2D eigenvalue weighted by molar-refractivity contribution is -0.133. The highest BCUT2D eigenvalue weighted by atomic mass is 35.5. The summed E-state index contributed by atoms with van der Waals surface area (Å²) in [6.07, 6.45) is 1.63. The lowest BCUT2D eigenvalue weighted by Gasteiger charge is -2.40. The van der Waals surface area contributed by atoms with E-state index in [0.717, 1.165) is 5.56 Å². The van der Waals surface area contributed by atoms with Crippen LogP contribution in [0.1, 0.15) is 35.2 Å². The summed E-state index contributed by atoms with van der Waals surface area (Å²) in [4.78, 5) is 12.2. The number of aliphatic carboxylic acids is 1. The van der Waals surface area contributed by atoms with Gasteiger partial charge in [-0.2, -0.15) is 4.31 Å². The molecule has 0 saturated carbocycles. The maximum atomic E-state index is 14.2. The Morgan fingerprint density at radius 1 is 1.03 bits per heavy atom. The predicted molar refractivity (Wildman–Crippen MR) is 124 cm³/mol. The van der Waals surface area contributed by atoms with E-state index in [4.69, 9.17) is 11.6 Å². The molecule has 5 nitrogen and oxygen atoms in total. The van der Waals surface area contributed by atoms with Crippen LogP contribution in [0.25, 0.3) is 0 Å². The van der Waals surface area contributed by atoms with E-state index in [1.165, 1.54) is 46.8 Å². The summed E-state index contributed by atoms with van der Waals surface area (Å²) >= 11 is 6.19. The van der Waals surface area contributed by atoms with Crippen molar-refractivity contribution in [3.63, 3.8) is 0 Å². The topological polar surface area (TPSA) is 74.7 Å². The number of sulfonamides is 1. The van der Waals surface area contributed by atoms with Gasteiger partial charge in [0, 0.05) is 5.02 Å². The van der Waals surface area contributed by atoms with E-state index < -0.39 is 33.9 Å². The molecule has 170 valence electrons. The Balaban J connectivity index is 1.98. The molecule has 0 aromatic heterocycles. The third-order valence-corrected chi connectivity index (χ3v) is 7.78. The molecule has 1 N–H and O–H groups in total.